The van der Waals surface area contributed by atoms with Crippen LogP contribution in [0.25, 0.3) is 0 Å². The van der Waals surface area contributed by atoms with Gasteiger partial charge in [0.1, 0.15) is 11.6 Å². The molecule has 4 heteroatoms. The molecule has 0 aliphatic heterocycles. The van der Waals surface area contributed by atoms with Crippen LogP contribution in [0.3, 0.4) is 0 Å². The average Bonchev–Trinajstić information content (AvgIpc) is 2.48. The molecule has 0 aliphatic carbocycles. The zero-order chi connectivity index (χ0) is 14.7. The molecule has 2 aromatic carbocycles. The maximum absolute atomic E-state index is 13.7. The summed E-state index contributed by atoms with van der Waals surface area (Å²) in [6.45, 7) is 1.82. The molecular formula is C16H16FNO2. The van der Waals surface area contributed by atoms with Crippen LogP contribution in [0.2, 0.25) is 0 Å². The van der Waals surface area contributed by atoms with Gasteiger partial charge in [0.05, 0.1) is 12.7 Å². The Hall–Kier alpha value is -2.36. The molecule has 0 bridgehead atoms. The first kappa shape index (κ1) is 14.1. The van der Waals surface area contributed by atoms with Crippen molar-refractivity contribution in [1.82, 2.24) is 0 Å². The number of carbonyl (C=O) groups is 1. The van der Waals surface area contributed by atoms with Crippen LogP contribution in [0.15, 0.2) is 42.5 Å². The Kier molecular flexibility index (Phi) is 4.03. The number of nitrogens with zero attached hydrogens (tertiary/aromatic N) is 1. The van der Waals surface area contributed by atoms with E-state index in [0.717, 1.165) is 5.56 Å². The molecule has 0 unspecified atom stereocenters. The van der Waals surface area contributed by atoms with E-state index in [1.54, 1.807) is 50.6 Å². The van der Waals surface area contributed by atoms with Gasteiger partial charge >= 0.3 is 0 Å². The molecule has 0 radical (unpaired) electrons. The second-order valence-electron chi connectivity index (χ2n) is 4.55. The lowest BCUT2D eigenvalue weighted by Crippen LogP contribution is -2.27. The van der Waals surface area contributed by atoms with Crippen LogP contribution in [-0.2, 0) is 0 Å². The number of rotatable bonds is 3. The minimum absolute atomic E-state index is 0.0725. The number of hydrogen-bond acceptors (Lipinski definition) is 2. The summed E-state index contributed by atoms with van der Waals surface area (Å²) in [6, 6.07) is 11.5. The lowest BCUT2D eigenvalue weighted by molar-refractivity contribution is 0.0989. The Morgan fingerprint density at radius 1 is 1.15 bits per heavy atom. The molecule has 1 amide bonds. The molecule has 0 aliphatic rings. The van der Waals surface area contributed by atoms with E-state index in [1.807, 2.05) is 6.92 Å². The molecule has 20 heavy (non-hydrogen) atoms. The Morgan fingerprint density at radius 3 is 2.40 bits per heavy atom. The predicted octanol–water partition coefficient (Wildman–Crippen LogP) is 3.42. The van der Waals surface area contributed by atoms with Crippen molar-refractivity contribution in [3.63, 3.8) is 0 Å². The summed E-state index contributed by atoms with van der Waals surface area (Å²) < 4.78 is 18.8. The zero-order valence-corrected chi connectivity index (χ0v) is 11.7. The highest BCUT2D eigenvalue weighted by Crippen LogP contribution is 2.21. The first-order valence-electron chi connectivity index (χ1n) is 6.21. The highest BCUT2D eigenvalue weighted by atomic mass is 19.1. The summed E-state index contributed by atoms with van der Waals surface area (Å²) in [5, 5.41) is 0. The van der Waals surface area contributed by atoms with Crippen molar-refractivity contribution in [2.45, 2.75) is 6.92 Å². The van der Waals surface area contributed by atoms with Gasteiger partial charge in [-0.15, -0.1) is 0 Å². The van der Waals surface area contributed by atoms with Crippen molar-refractivity contribution in [1.29, 1.82) is 0 Å². The van der Waals surface area contributed by atoms with Gasteiger partial charge in [-0.1, -0.05) is 11.6 Å². The van der Waals surface area contributed by atoms with Gasteiger partial charge in [0.25, 0.3) is 5.91 Å². The molecule has 0 saturated carbocycles. The summed E-state index contributed by atoms with van der Waals surface area (Å²) in [5.74, 6) is -0.186. The summed E-state index contributed by atoms with van der Waals surface area (Å²) in [4.78, 5) is 13.7. The summed E-state index contributed by atoms with van der Waals surface area (Å²) in [6.07, 6.45) is 0. The third-order valence-electron chi connectivity index (χ3n) is 3.12. The molecule has 0 heterocycles. The van der Waals surface area contributed by atoms with Crippen LogP contribution in [0.4, 0.5) is 10.1 Å². The van der Waals surface area contributed by atoms with E-state index in [0.29, 0.717) is 11.4 Å². The lowest BCUT2D eigenvalue weighted by Gasteiger charge is -2.18. The fraction of sp³-hybridized carbons (Fsp3) is 0.188. The number of ether oxygens (including phenoxy) is 1. The van der Waals surface area contributed by atoms with Gasteiger partial charge in [0.2, 0.25) is 0 Å². The van der Waals surface area contributed by atoms with Gasteiger partial charge in [0.15, 0.2) is 0 Å². The number of aryl methyl sites for hydroxylation is 1. The van der Waals surface area contributed by atoms with Gasteiger partial charge in [-0.2, -0.15) is 0 Å². The molecule has 0 saturated heterocycles. The molecule has 2 aromatic rings. The highest BCUT2D eigenvalue weighted by Gasteiger charge is 2.17. The van der Waals surface area contributed by atoms with Crippen LogP contribution in [0.5, 0.6) is 5.75 Å². The number of halogens is 1. The fourth-order valence-corrected chi connectivity index (χ4v) is 1.91. The van der Waals surface area contributed by atoms with Crippen molar-refractivity contribution >= 4 is 11.6 Å². The van der Waals surface area contributed by atoms with E-state index in [9.17, 15) is 9.18 Å². The first-order valence-corrected chi connectivity index (χ1v) is 6.21. The molecule has 0 fully saturated rings. The number of benzene rings is 2. The van der Waals surface area contributed by atoms with Gasteiger partial charge in [0, 0.05) is 12.7 Å². The highest BCUT2D eigenvalue weighted by molar-refractivity contribution is 6.06. The second kappa shape index (κ2) is 5.74. The summed E-state index contributed by atoms with van der Waals surface area (Å²) in [7, 11) is 3.19. The standard InChI is InChI=1S/C16H16FNO2/c1-11-4-9-15(17)14(10-11)16(19)18(2)12-5-7-13(20-3)8-6-12/h4-10H,1-3H3. The maximum Gasteiger partial charge on any atom is 0.260 e. The number of amides is 1. The Balaban J connectivity index is 2.29. The van der Waals surface area contributed by atoms with E-state index in [4.69, 9.17) is 4.74 Å². The predicted molar refractivity (Wildman–Crippen MR) is 76.9 cm³/mol. The van der Waals surface area contributed by atoms with Gasteiger partial charge in [-0.05, 0) is 43.3 Å². The van der Waals surface area contributed by atoms with Crippen LogP contribution >= 0.6 is 0 Å². The van der Waals surface area contributed by atoms with E-state index in [-0.39, 0.29) is 11.5 Å². The second-order valence-corrected chi connectivity index (χ2v) is 4.55. The Morgan fingerprint density at radius 2 is 1.80 bits per heavy atom. The molecule has 3 nitrogen and oxygen atoms in total. The lowest BCUT2D eigenvalue weighted by atomic mass is 10.1. The summed E-state index contributed by atoms with van der Waals surface area (Å²) >= 11 is 0. The topological polar surface area (TPSA) is 29.5 Å². The van der Waals surface area contributed by atoms with Crippen molar-refractivity contribution in [2.75, 3.05) is 19.1 Å². The molecule has 0 spiro atoms. The van der Waals surface area contributed by atoms with Crippen molar-refractivity contribution < 1.29 is 13.9 Å². The van der Waals surface area contributed by atoms with Gasteiger partial charge in [-0.25, -0.2) is 4.39 Å². The minimum atomic E-state index is -0.513. The monoisotopic (exact) mass is 273 g/mol. The number of methoxy groups -OCH3 is 1. The third kappa shape index (κ3) is 2.79. The normalized spacial score (nSPS) is 10.2. The van der Waals surface area contributed by atoms with E-state index < -0.39 is 5.82 Å². The number of hydrogen-bond donors (Lipinski definition) is 0. The average molecular weight is 273 g/mol. The Bertz CT molecular complexity index is 623. The maximum atomic E-state index is 13.7. The molecule has 104 valence electrons. The van der Waals surface area contributed by atoms with Gasteiger partial charge < -0.3 is 9.64 Å². The molecule has 0 N–H and O–H groups in total. The largest absolute Gasteiger partial charge is 0.497 e. The van der Waals surface area contributed by atoms with Crippen molar-refractivity contribution in [3.8, 4) is 5.75 Å². The molecule has 2 rings (SSSR count). The van der Waals surface area contributed by atoms with E-state index >= 15 is 0 Å². The van der Waals surface area contributed by atoms with Crippen LogP contribution in [0, 0.1) is 12.7 Å². The van der Waals surface area contributed by atoms with E-state index in [1.165, 1.54) is 11.0 Å². The van der Waals surface area contributed by atoms with Crippen molar-refractivity contribution in [2.24, 2.45) is 0 Å². The molecular weight excluding hydrogens is 257 g/mol. The van der Waals surface area contributed by atoms with E-state index in [2.05, 4.69) is 0 Å². The van der Waals surface area contributed by atoms with Crippen molar-refractivity contribution in [3.05, 3.63) is 59.4 Å². The summed E-state index contributed by atoms with van der Waals surface area (Å²) in [5.41, 5.74) is 1.60. The first-order chi connectivity index (χ1) is 9.52. The Labute approximate surface area is 117 Å². The SMILES string of the molecule is COc1ccc(N(C)C(=O)c2cc(C)ccc2F)cc1. The quantitative estimate of drug-likeness (QED) is 0.857. The van der Waals surface area contributed by atoms with Gasteiger partial charge in [-0.3, -0.25) is 4.79 Å². The number of anilines is 1. The smallest absolute Gasteiger partial charge is 0.260 e. The minimum Gasteiger partial charge on any atom is -0.497 e. The zero-order valence-electron chi connectivity index (χ0n) is 11.7. The van der Waals surface area contributed by atoms with Crippen LogP contribution < -0.4 is 9.64 Å². The number of carbonyl (C=O) groups excluding carboxylic acids is 1. The van der Waals surface area contributed by atoms with Crippen LogP contribution in [0.1, 0.15) is 15.9 Å². The fourth-order valence-electron chi connectivity index (χ4n) is 1.91. The van der Waals surface area contributed by atoms with Crippen LogP contribution in [-0.4, -0.2) is 20.1 Å². The molecule has 0 atom stereocenters. The molecule has 0 aromatic heterocycles. The third-order valence-corrected chi connectivity index (χ3v) is 3.12.